The minimum absolute atomic E-state index is 0.408. The summed E-state index contributed by atoms with van der Waals surface area (Å²) in [4.78, 5) is 6.72. The van der Waals surface area contributed by atoms with Crippen LogP contribution in [0.4, 0.5) is 5.69 Å². The number of guanidine groups is 1. The Bertz CT molecular complexity index is 685. The molecule has 1 aliphatic heterocycles. The summed E-state index contributed by atoms with van der Waals surface area (Å²) in [5.41, 5.74) is 6.83. The van der Waals surface area contributed by atoms with Crippen LogP contribution in [-0.2, 0) is 4.74 Å². The zero-order valence-corrected chi connectivity index (χ0v) is 14.2. The molecular weight excluding hydrogens is 316 g/mol. The van der Waals surface area contributed by atoms with Gasteiger partial charge in [-0.3, -0.25) is 9.89 Å². The molecule has 6 nitrogen and oxygen atoms in total. The number of nitrogens with zero attached hydrogens (tertiary/aromatic N) is 2. The van der Waals surface area contributed by atoms with Crippen molar-refractivity contribution in [3.8, 4) is 11.5 Å². The van der Waals surface area contributed by atoms with E-state index in [2.05, 4.69) is 15.2 Å². The van der Waals surface area contributed by atoms with E-state index < -0.39 is 0 Å². The smallest absolute Gasteiger partial charge is 0.193 e. The summed E-state index contributed by atoms with van der Waals surface area (Å²) in [7, 11) is 0. The second kappa shape index (κ2) is 9.05. The maximum absolute atomic E-state index is 5.98. The first-order valence-corrected chi connectivity index (χ1v) is 8.49. The van der Waals surface area contributed by atoms with Crippen molar-refractivity contribution in [2.24, 2.45) is 10.7 Å². The summed E-state index contributed by atoms with van der Waals surface area (Å²) in [6.45, 7) is 5.07. The van der Waals surface area contributed by atoms with E-state index in [1.807, 2.05) is 54.6 Å². The van der Waals surface area contributed by atoms with Gasteiger partial charge in [0.05, 0.1) is 19.8 Å². The highest BCUT2D eigenvalue weighted by Gasteiger charge is 2.09. The van der Waals surface area contributed by atoms with Crippen LogP contribution in [0.5, 0.6) is 11.5 Å². The molecular formula is C19H24N4O2. The molecule has 0 atom stereocenters. The molecule has 1 heterocycles. The van der Waals surface area contributed by atoms with Gasteiger partial charge in [0.15, 0.2) is 5.96 Å². The Morgan fingerprint density at radius 3 is 2.64 bits per heavy atom. The Kier molecular flexibility index (Phi) is 6.25. The van der Waals surface area contributed by atoms with Gasteiger partial charge >= 0.3 is 0 Å². The molecule has 0 spiro atoms. The Morgan fingerprint density at radius 1 is 1.08 bits per heavy atom. The molecule has 0 radical (unpaired) electrons. The van der Waals surface area contributed by atoms with Crippen LogP contribution in [-0.4, -0.2) is 50.3 Å². The van der Waals surface area contributed by atoms with Crippen LogP contribution in [0.2, 0.25) is 0 Å². The first-order chi connectivity index (χ1) is 12.3. The molecule has 0 aliphatic carbocycles. The molecule has 2 aromatic rings. The van der Waals surface area contributed by atoms with E-state index in [1.54, 1.807) is 0 Å². The van der Waals surface area contributed by atoms with Crippen molar-refractivity contribution in [1.82, 2.24) is 4.90 Å². The van der Waals surface area contributed by atoms with Gasteiger partial charge in [-0.15, -0.1) is 0 Å². The predicted octanol–water partition coefficient (Wildman–Crippen LogP) is 2.54. The van der Waals surface area contributed by atoms with Crippen LogP contribution in [0.15, 0.2) is 59.6 Å². The molecule has 0 bridgehead atoms. The molecule has 0 amide bonds. The van der Waals surface area contributed by atoms with E-state index in [-0.39, 0.29) is 0 Å². The quantitative estimate of drug-likeness (QED) is 0.624. The molecule has 0 saturated carbocycles. The van der Waals surface area contributed by atoms with E-state index in [0.29, 0.717) is 12.5 Å². The number of anilines is 1. The van der Waals surface area contributed by atoms with Gasteiger partial charge in [-0.1, -0.05) is 24.3 Å². The molecule has 3 rings (SSSR count). The third-order valence-corrected chi connectivity index (χ3v) is 3.89. The lowest BCUT2D eigenvalue weighted by atomic mass is 10.3. The van der Waals surface area contributed by atoms with Gasteiger partial charge < -0.3 is 20.5 Å². The van der Waals surface area contributed by atoms with Gasteiger partial charge in [0, 0.05) is 31.4 Å². The summed E-state index contributed by atoms with van der Waals surface area (Å²) >= 11 is 0. The van der Waals surface area contributed by atoms with Crippen molar-refractivity contribution in [2.45, 2.75) is 0 Å². The first-order valence-electron chi connectivity index (χ1n) is 8.49. The van der Waals surface area contributed by atoms with Crippen molar-refractivity contribution in [3.05, 3.63) is 54.6 Å². The molecule has 6 heteroatoms. The number of nitrogens with one attached hydrogen (secondary N) is 1. The molecule has 132 valence electrons. The first kappa shape index (κ1) is 17.3. The van der Waals surface area contributed by atoms with Crippen LogP contribution in [0.3, 0.4) is 0 Å². The van der Waals surface area contributed by atoms with Gasteiger partial charge in [-0.2, -0.15) is 0 Å². The van der Waals surface area contributed by atoms with Gasteiger partial charge in [-0.25, -0.2) is 0 Å². The number of benzene rings is 2. The summed E-state index contributed by atoms with van der Waals surface area (Å²) in [5.74, 6) is 1.95. The number of aliphatic imine (C=N–C) groups is 1. The molecule has 1 fully saturated rings. The molecule has 1 saturated heterocycles. The summed E-state index contributed by atoms with van der Waals surface area (Å²) in [5, 5.41) is 3.11. The van der Waals surface area contributed by atoms with E-state index in [9.17, 15) is 0 Å². The van der Waals surface area contributed by atoms with E-state index >= 15 is 0 Å². The molecule has 25 heavy (non-hydrogen) atoms. The number of hydrogen-bond donors (Lipinski definition) is 2. The maximum atomic E-state index is 5.98. The van der Waals surface area contributed by atoms with Crippen LogP contribution < -0.4 is 15.8 Å². The standard InChI is InChI=1S/C19H24N4O2/c20-19(21-9-10-23-11-13-24-14-12-23)22-16-5-4-8-18(15-16)25-17-6-2-1-3-7-17/h1-8,15H,9-14H2,(H3,20,21,22). The normalized spacial score (nSPS) is 15.8. The van der Waals surface area contributed by atoms with E-state index in [1.165, 1.54) is 0 Å². The van der Waals surface area contributed by atoms with Crippen molar-refractivity contribution >= 4 is 11.6 Å². The molecule has 3 N–H and O–H groups in total. The minimum Gasteiger partial charge on any atom is -0.457 e. The highest BCUT2D eigenvalue weighted by Crippen LogP contribution is 2.23. The number of nitrogens with two attached hydrogens (primary N) is 1. The fourth-order valence-corrected chi connectivity index (χ4v) is 2.59. The van der Waals surface area contributed by atoms with E-state index in [4.69, 9.17) is 15.2 Å². The maximum Gasteiger partial charge on any atom is 0.193 e. The zero-order chi connectivity index (χ0) is 17.3. The Balaban J connectivity index is 1.51. The third kappa shape index (κ3) is 5.77. The average molecular weight is 340 g/mol. The fourth-order valence-electron chi connectivity index (χ4n) is 2.59. The summed E-state index contributed by atoms with van der Waals surface area (Å²) in [6.07, 6.45) is 0. The monoisotopic (exact) mass is 340 g/mol. The Hall–Kier alpha value is -2.57. The molecule has 2 aromatic carbocycles. The van der Waals surface area contributed by atoms with E-state index in [0.717, 1.165) is 50.0 Å². The van der Waals surface area contributed by atoms with Gasteiger partial charge in [-0.05, 0) is 24.3 Å². The number of hydrogen-bond acceptors (Lipinski definition) is 4. The average Bonchev–Trinajstić information content (AvgIpc) is 2.64. The second-order valence-corrected chi connectivity index (χ2v) is 5.79. The van der Waals surface area contributed by atoms with Crippen LogP contribution in [0.25, 0.3) is 0 Å². The highest BCUT2D eigenvalue weighted by atomic mass is 16.5. The van der Waals surface area contributed by atoms with Crippen molar-refractivity contribution in [1.29, 1.82) is 0 Å². The van der Waals surface area contributed by atoms with Gasteiger partial charge in [0.2, 0.25) is 0 Å². The van der Waals surface area contributed by atoms with Gasteiger partial charge in [0.1, 0.15) is 11.5 Å². The SMILES string of the molecule is NC(=NCCN1CCOCC1)Nc1cccc(Oc2ccccc2)c1. The number of ether oxygens (including phenoxy) is 2. The second-order valence-electron chi connectivity index (χ2n) is 5.79. The molecule has 1 aliphatic rings. The van der Waals surface area contributed by atoms with Crippen LogP contribution in [0.1, 0.15) is 0 Å². The minimum atomic E-state index is 0.408. The number of morpholine rings is 1. The third-order valence-electron chi connectivity index (χ3n) is 3.89. The largest absolute Gasteiger partial charge is 0.457 e. The lowest BCUT2D eigenvalue weighted by molar-refractivity contribution is 0.0394. The highest BCUT2D eigenvalue weighted by molar-refractivity contribution is 5.92. The Labute approximate surface area is 148 Å². The molecule has 0 unspecified atom stereocenters. The lowest BCUT2D eigenvalue weighted by Gasteiger charge is -2.25. The topological polar surface area (TPSA) is 72.1 Å². The van der Waals surface area contributed by atoms with Crippen molar-refractivity contribution in [3.63, 3.8) is 0 Å². The van der Waals surface area contributed by atoms with Crippen molar-refractivity contribution < 1.29 is 9.47 Å². The number of para-hydroxylation sites is 1. The van der Waals surface area contributed by atoms with Gasteiger partial charge in [0.25, 0.3) is 0 Å². The van der Waals surface area contributed by atoms with Crippen LogP contribution >= 0.6 is 0 Å². The molecule has 0 aromatic heterocycles. The Morgan fingerprint density at radius 2 is 1.84 bits per heavy atom. The zero-order valence-electron chi connectivity index (χ0n) is 14.2. The van der Waals surface area contributed by atoms with Crippen molar-refractivity contribution in [2.75, 3.05) is 44.7 Å². The lowest BCUT2D eigenvalue weighted by Crippen LogP contribution is -2.38. The number of rotatable bonds is 6. The predicted molar refractivity (Wildman–Crippen MR) is 100 cm³/mol. The summed E-state index contributed by atoms with van der Waals surface area (Å²) < 4.78 is 11.2. The fraction of sp³-hybridized carbons (Fsp3) is 0.316. The van der Waals surface area contributed by atoms with Crippen LogP contribution in [0, 0.1) is 0 Å². The summed E-state index contributed by atoms with van der Waals surface area (Å²) in [6, 6.07) is 17.3.